The van der Waals surface area contributed by atoms with Crippen molar-refractivity contribution in [3.8, 4) is 17.2 Å². The van der Waals surface area contributed by atoms with Crippen LogP contribution >= 0.6 is 0 Å². The number of benzene rings is 1. The predicted octanol–water partition coefficient (Wildman–Crippen LogP) is 6.52. The molecule has 178 valence electrons. The lowest BCUT2D eigenvalue weighted by atomic mass is 10.1. The second-order valence-corrected chi connectivity index (χ2v) is 7.97. The third-order valence-electron chi connectivity index (χ3n) is 4.75. The van der Waals surface area contributed by atoms with Gasteiger partial charge in [0.25, 0.3) is 0 Å². The number of fused-ring (bicyclic) bond motifs is 1. The average Bonchev–Trinajstić information content (AvgIpc) is 2.74. The topological polar surface area (TPSA) is 75.0 Å². The molecule has 2 aromatic rings. The lowest BCUT2D eigenvalue weighted by Gasteiger charge is -2.15. The summed E-state index contributed by atoms with van der Waals surface area (Å²) in [5, 5.41) is 0.391. The van der Waals surface area contributed by atoms with Crippen molar-refractivity contribution < 1.29 is 23.4 Å². The van der Waals surface area contributed by atoms with E-state index in [4.69, 9.17) is 18.6 Å². The van der Waals surface area contributed by atoms with E-state index in [1.165, 1.54) is 18.1 Å². The molecule has 1 aromatic carbocycles. The number of carbonyl (C=O) groups is 1. The summed E-state index contributed by atoms with van der Waals surface area (Å²) in [7, 11) is 0. The van der Waals surface area contributed by atoms with Crippen LogP contribution in [0, 0.1) is 0 Å². The van der Waals surface area contributed by atoms with Crippen molar-refractivity contribution in [2.24, 2.45) is 0 Å². The van der Waals surface area contributed by atoms with Gasteiger partial charge in [0.1, 0.15) is 23.3 Å². The molecule has 6 heteroatoms. The van der Waals surface area contributed by atoms with Crippen LogP contribution in [0.5, 0.6) is 17.2 Å². The summed E-state index contributed by atoms with van der Waals surface area (Å²) in [6, 6.07) is 4.91. The van der Waals surface area contributed by atoms with E-state index in [0.29, 0.717) is 11.8 Å². The summed E-state index contributed by atoms with van der Waals surface area (Å²) in [5.74, 6) is -0.0471. The number of rotatable bonds is 12. The number of ether oxygens (including phenoxy) is 3. The Labute approximate surface area is 195 Å². The van der Waals surface area contributed by atoms with Crippen LogP contribution < -0.4 is 19.8 Å². The van der Waals surface area contributed by atoms with Crippen LogP contribution in [0.2, 0.25) is 0 Å². The molecule has 0 radical (unpaired) electrons. The first-order valence-electron chi connectivity index (χ1n) is 11.3. The van der Waals surface area contributed by atoms with Crippen LogP contribution in [-0.4, -0.2) is 19.2 Å². The Hall–Kier alpha value is -3.28. The van der Waals surface area contributed by atoms with E-state index < -0.39 is 11.6 Å². The van der Waals surface area contributed by atoms with Gasteiger partial charge in [-0.3, -0.25) is 4.79 Å². The molecule has 0 N–H and O–H groups in total. The molecule has 0 saturated heterocycles. The Morgan fingerprint density at radius 3 is 2.48 bits per heavy atom. The van der Waals surface area contributed by atoms with E-state index in [0.717, 1.165) is 19.3 Å². The summed E-state index contributed by atoms with van der Waals surface area (Å²) >= 11 is 0. The summed E-state index contributed by atoms with van der Waals surface area (Å²) in [6.07, 6.45) is 11.6. The van der Waals surface area contributed by atoms with Gasteiger partial charge in [0.2, 0.25) is 5.75 Å². The zero-order valence-corrected chi connectivity index (χ0v) is 20.2. The van der Waals surface area contributed by atoms with Crippen LogP contribution in [0.4, 0.5) is 0 Å². The molecule has 6 nitrogen and oxygen atoms in total. The van der Waals surface area contributed by atoms with Gasteiger partial charge in [0.15, 0.2) is 5.75 Å². The van der Waals surface area contributed by atoms with Crippen molar-refractivity contribution >= 4 is 16.9 Å². The van der Waals surface area contributed by atoms with Gasteiger partial charge >= 0.3 is 11.6 Å². The number of hydrogen-bond acceptors (Lipinski definition) is 6. The van der Waals surface area contributed by atoms with Crippen molar-refractivity contribution in [1.29, 1.82) is 0 Å². The van der Waals surface area contributed by atoms with Gasteiger partial charge in [-0.2, -0.15) is 0 Å². The van der Waals surface area contributed by atoms with Crippen LogP contribution in [0.15, 0.2) is 62.9 Å². The molecule has 0 unspecified atom stereocenters. The minimum atomic E-state index is -0.638. The molecular weight excluding hydrogens is 420 g/mol. The van der Waals surface area contributed by atoms with Gasteiger partial charge in [-0.05, 0) is 64.7 Å². The molecule has 0 bridgehead atoms. The fraction of sp³-hybridized carbons (Fsp3) is 0.407. The minimum absolute atomic E-state index is 0.0254. The second kappa shape index (κ2) is 13.3. The van der Waals surface area contributed by atoms with Gasteiger partial charge in [-0.15, -0.1) is 0 Å². The first kappa shape index (κ1) is 26.0. The Bertz CT molecular complexity index is 1080. The van der Waals surface area contributed by atoms with Gasteiger partial charge in [-0.25, -0.2) is 4.79 Å². The van der Waals surface area contributed by atoms with Crippen molar-refractivity contribution in [3.05, 3.63) is 64.1 Å². The van der Waals surface area contributed by atoms with Gasteiger partial charge in [0.05, 0.1) is 6.61 Å². The first-order chi connectivity index (χ1) is 15.8. The molecular formula is C27H34O6. The molecule has 1 aromatic heterocycles. The number of esters is 1. The molecule has 0 saturated carbocycles. The summed E-state index contributed by atoms with van der Waals surface area (Å²) in [5.41, 5.74) is 2.08. The van der Waals surface area contributed by atoms with Crippen molar-refractivity contribution in [2.75, 3.05) is 13.2 Å². The highest BCUT2D eigenvalue weighted by molar-refractivity contribution is 5.93. The Morgan fingerprint density at radius 1 is 1.00 bits per heavy atom. The SMILES string of the molecule is CC/C=C/CCOc1c(OC/C=C(\C)CCC=C(C)C)c2c(OC(C)=O)cccc2oc1=O. The molecule has 1 heterocycles. The molecule has 0 aliphatic heterocycles. The predicted molar refractivity (Wildman–Crippen MR) is 131 cm³/mol. The lowest BCUT2D eigenvalue weighted by Crippen LogP contribution is -2.12. The average molecular weight is 455 g/mol. The molecule has 0 aliphatic carbocycles. The largest absolute Gasteiger partial charge is 0.484 e. The molecule has 0 atom stereocenters. The standard InChI is InChI=1S/C27H34O6/c1-6-7-8-9-17-30-26-25(31-18-16-20(4)13-10-12-19(2)3)24-22(32-21(5)28)14-11-15-23(24)33-27(26)29/h7-8,11-12,14-16H,6,9-10,13,17-18H2,1-5H3/b8-7+,20-16+. The zero-order valence-electron chi connectivity index (χ0n) is 20.2. The van der Waals surface area contributed by atoms with Crippen LogP contribution in [0.25, 0.3) is 11.0 Å². The molecule has 0 spiro atoms. The lowest BCUT2D eigenvalue weighted by molar-refractivity contribution is -0.131. The highest BCUT2D eigenvalue weighted by Crippen LogP contribution is 2.39. The highest BCUT2D eigenvalue weighted by Gasteiger charge is 2.21. The third kappa shape index (κ3) is 8.29. The van der Waals surface area contributed by atoms with Crippen LogP contribution in [-0.2, 0) is 4.79 Å². The third-order valence-corrected chi connectivity index (χ3v) is 4.75. The first-order valence-corrected chi connectivity index (χ1v) is 11.3. The van der Waals surface area contributed by atoms with E-state index in [-0.39, 0.29) is 36.0 Å². The summed E-state index contributed by atoms with van der Waals surface area (Å²) in [6.45, 7) is 10.1. The van der Waals surface area contributed by atoms with E-state index in [9.17, 15) is 9.59 Å². The van der Waals surface area contributed by atoms with E-state index in [1.807, 2.05) is 32.1 Å². The van der Waals surface area contributed by atoms with Crippen LogP contribution in [0.1, 0.15) is 60.3 Å². The van der Waals surface area contributed by atoms with Crippen molar-refractivity contribution in [1.82, 2.24) is 0 Å². The second-order valence-electron chi connectivity index (χ2n) is 7.97. The van der Waals surface area contributed by atoms with Gasteiger partial charge < -0.3 is 18.6 Å². The maximum absolute atomic E-state index is 12.7. The normalized spacial score (nSPS) is 11.6. The van der Waals surface area contributed by atoms with Crippen molar-refractivity contribution in [2.45, 2.75) is 60.3 Å². The van der Waals surface area contributed by atoms with Gasteiger partial charge in [0, 0.05) is 6.92 Å². The van der Waals surface area contributed by atoms with E-state index in [1.54, 1.807) is 18.2 Å². The quantitative estimate of drug-likeness (QED) is 0.119. The Morgan fingerprint density at radius 2 is 1.79 bits per heavy atom. The fourth-order valence-corrected chi connectivity index (χ4v) is 3.15. The van der Waals surface area contributed by atoms with E-state index in [2.05, 4.69) is 19.9 Å². The summed E-state index contributed by atoms with van der Waals surface area (Å²) < 4.78 is 22.6. The van der Waals surface area contributed by atoms with Gasteiger partial charge in [-0.1, -0.05) is 42.4 Å². The number of hydrogen-bond donors (Lipinski definition) is 0. The monoisotopic (exact) mass is 454 g/mol. The zero-order chi connectivity index (χ0) is 24.2. The fourth-order valence-electron chi connectivity index (χ4n) is 3.15. The smallest absolute Gasteiger partial charge is 0.383 e. The van der Waals surface area contributed by atoms with Crippen LogP contribution in [0.3, 0.4) is 0 Å². The number of carbonyl (C=O) groups excluding carboxylic acids is 1. The molecule has 0 fully saturated rings. The highest BCUT2D eigenvalue weighted by atomic mass is 16.5. The molecule has 0 amide bonds. The molecule has 0 aliphatic rings. The molecule has 33 heavy (non-hydrogen) atoms. The molecule has 2 rings (SSSR count). The maximum atomic E-state index is 12.7. The summed E-state index contributed by atoms with van der Waals surface area (Å²) in [4.78, 5) is 24.3. The maximum Gasteiger partial charge on any atom is 0.383 e. The minimum Gasteiger partial charge on any atom is -0.484 e. The van der Waals surface area contributed by atoms with Crippen molar-refractivity contribution in [3.63, 3.8) is 0 Å². The van der Waals surface area contributed by atoms with E-state index >= 15 is 0 Å². The Kier molecular flexibility index (Phi) is 10.5. The number of allylic oxidation sites excluding steroid dienone is 4. The Balaban J connectivity index is 2.39.